The molecule has 24 heavy (non-hydrogen) atoms. The molecule has 0 aromatic rings. The van der Waals surface area contributed by atoms with Gasteiger partial charge in [-0.15, -0.1) is 6.58 Å². The molecule has 0 radical (unpaired) electrons. The molecular formula is C20H29NO3. The molecule has 1 heterocycles. The van der Waals surface area contributed by atoms with Crippen LogP contribution in [0.25, 0.3) is 0 Å². The van der Waals surface area contributed by atoms with E-state index in [0.29, 0.717) is 0 Å². The van der Waals surface area contributed by atoms with Crippen LogP contribution in [-0.4, -0.2) is 22.6 Å². The summed E-state index contributed by atoms with van der Waals surface area (Å²) < 4.78 is 0. The highest BCUT2D eigenvalue weighted by Crippen LogP contribution is 2.31. The topological polar surface area (TPSA) is 54.5 Å². The van der Waals surface area contributed by atoms with Crippen molar-refractivity contribution >= 4 is 17.7 Å². The highest BCUT2D eigenvalue weighted by Gasteiger charge is 2.43. The normalized spacial score (nSPS) is 21.0. The number of allylic oxidation sites excluding steroid dienone is 5. The van der Waals surface area contributed by atoms with Crippen LogP contribution < -0.4 is 0 Å². The van der Waals surface area contributed by atoms with Crippen LogP contribution in [0, 0.1) is 17.8 Å². The third-order valence-electron chi connectivity index (χ3n) is 4.46. The van der Waals surface area contributed by atoms with Crippen molar-refractivity contribution in [1.29, 1.82) is 0 Å². The minimum absolute atomic E-state index is 0.0405. The van der Waals surface area contributed by atoms with E-state index in [1.165, 1.54) is 6.92 Å². The van der Waals surface area contributed by atoms with Gasteiger partial charge in [0.2, 0.25) is 17.7 Å². The number of hydrogen-bond acceptors (Lipinski definition) is 3. The van der Waals surface area contributed by atoms with Gasteiger partial charge in [0.1, 0.15) is 0 Å². The zero-order valence-electron chi connectivity index (χ0n) is 15.0. The molecule has 3 unspecified atom stereocenters. The molecule has 4 nitrogen and oxygen atoms in total. The summed E-state index contributed by atoms with van der Waals surface area (Å²) in [5.41, 5.74) is 0. The summed E-state index contributed by atoms with van der Waals surface area (Å²) in [4.78, 5) is 36.8. The second-order valence-electron chi connectivity index (χ2n) is 6.21. The minimum Gasteiger partial charge on any atom is -0.274 e. The summed E-state index contributed by atoms with van der Waals surface area (Å²) >= 11 is 0. The molecule has 0 spiro atoms. The second kappa shape index (κ2) is 10.0. The van der Waals surface area contributed by atoms with Gasteiger partial charge in [0.15, 0.2) is 0 Å². The Kier molecular flexibility index (Phi) is 8.37. The van der Waals surface area contributed by atoms with Crippen LogP contribution in [0.2, 0.25) is 0 Å². The van der Waals surface area contributed by atoms with E-state index in [1.807, 2.05) is 12.2 Å². The molecular weight excluding hydrogens is 302 g/mol. The Morgan fingerprint density at radius 2 is 2.00 bits per heavy atom. The van der Waals surface area contributed by atoms with Crippen molar-refractivity contribution in [1.82, 2.24) is 4.90 Å². The summed E-state index contributed by atoms with van der Waals surface area (Å²) in [6.07, 6.45) is 13.9. The van der Waals surface area contributed by atoms with Gasteiger partial charge >= 0.3 is 0 Å². The van der Waals surface area contributed by atoms with Crippen molar-refractivity contribution < 1.29 is 14.4 Å². The van der Waals surface area contributed by atoms with Crippen LogP contribution in [0.15, 0.2) is 37.0 Å². The average molecular weight is 331 g/mol. The van der Waals surface area contributed by atoms with Gasteiger partial charge < -0.3 is 0 Å². The van der Waals surface area contributed by atoms with E-state index in [0.717, 1.165) is 30.6 Å². The lowest BCUT2D eigenvalue weighted by atomic mass is 9.85. The van der Waals surface area contributed by atoms with E-state index in [-0.39, 0.29) is 30.1 Å². The number of hydrogen-bond donors (Lipinski definition) is 0. The van der Waals surface area contributed by atoms with Gasteiger partial charge in [-0.05, 0) is 37.5 Å². The summed E-state index contributed by atoms with van der Waals surface area (Å²) in [7, 11) is 0. The number of carbonyl (C=O) groups is 3. The molecule has 1 aliphatic rings. The Balaban J connectivity index is 2.93. The Morgan fingerprint density at radius 1 is 1.29 bits per heavy atom. The van der Waals surface area contributed by atoms with Crippen molar-refractivity contribution in [2.45, 2.75) is 52.9 Å². The van der Waals surface area contributed by atoms with Crippen LogP contribution in [0.5, 0.6) is 0 Å². The average Bonchev–Trinajstić information content (AvgIpc) is 2.84. The first-order chi connectivity index (χ1) is 11.5. The van der Waals surface area contributed by atoms with Gasteiger partial charge in [-0.25, -0.2) is 4.90 Å². The van der Waals surface area contributed by atoms with Gasteiger partial charge in [0.25, 0.3) is 0 Å². The van der Waals surface area contributed by atoms with E-state index in [9.17, 15) is 14.4 Å². The van der Waals surface area contributed by atoms with Gasteiger partial charge in [-0.3, -0.25) is 14.4 Å². The number of carbonyl (C=O) groups excluding carboxylic acids is 3. The fourth-order valence-electron chi connectivity index (χ4n) is 2.99. The Morgan fingerprint density at radius 3 is 2.50 bits per heavy atom. The predicted octanol–water partition coefficient (Wildman–Crippen LogP) is 4.04. The highest BCUT2D eigenvalue weighted by atomic mass is 16.2. The Labute approximate surface area is 145 Å². The van der Waals surface area contributed by atoms with Gasteiger partial charge in [0.05, 0.1) is 5.92 Å². The summed E-state index contributed by atoms with van der Waals surface area (Å²) in [6, 6.07) is 0. The van der Waals surface area contributed by atoms with Crippen molar-refractivity contribution in [3.63, 3.8) is 0 Å². The zero-order chi connectivity index (χ0) is 18.1. The lowest BCUT2D eigenvalue weighted by molar-refractivity contribution is -0.149. The molecule has 0 N–H and O–H groups in total. The fraction of sp³-hybridized carbons (Fsp3) is 0.550. The molecule has 3 atom stereocenters. The molecule has 132 valence electrons. The molecule has 1 aliphatic heterocycles. The zero-order valence-corrected chi connectivity index (χ0v) is 15.0. The van der Waals surface area contributed by atoms with Crippen molar-refractivity contribution in [3.05, 3.63) is 37.0 Å². The maximum atomic E-state index is 12.5. The maximum absolute atomic E-state index is 12.5. The third-order valence-corrected chi connectivity index (χ3v) is 4.46. The fourth-order valence-corrected chi connectivity index (χ4v) is 2.99. The largest absolute Gasteiger partial charge is 0.274 e. The van der Waals surface area contributed by atoms with E-state index >= 15 is 0 Å². The standard InChI is InChI=1S/C20H29NO3/c1-5-8-9-10-11-17(13-12-16(6-2)7-3)18-14-19(23)21(15(4)22)20(18)24/h6,8-9,12-13,16-18H,2,5,7,10-11,14H2,1,3-4H3/b9-8+,13-12+. The molecule has 0 saturated carbocycles. The quantitative estimate of drug-likeness (QED) is 0.473. The molecule has 1 fully saturated rings. The first-order valence-electron chi connectivity index (χ1n) is 8.79. The van der Waals surface area contributed by atoms with Gasteiger partial charge in [-0.1, -0.05) is 44.2 Å². The van der Waals surface area contributed by atoms with Crippen LogP contribution in [-0.2, 0) is 14.4 Å². The number of amides is 3. The van der Waals surface area contributed by atoms with Crippen molar-refractivity contribution in [3.8, 4) is 0 Å². The maximum Gasteiger partial charge on any atom is 0.240 e. The molecule has 0 aromatic heterocycles. The highest BCUT2D eigenvalue weighted by molar-refractivity contribution is 6.15. The third kappa shape index (κ3) is 5.29. The summed E-state index contributed by atoms with van der Waals surface area (Å²) in [6.45, 7) is 9.24. The molecule has 0 aliphatic carbocycles. The molecule has 0 bridgehead atoms. The summed E-state index contributed by atoms with van der Waals surface area (Å²) in [5, 5.41) is 0. The van der Waals surface area contributed by atoms with Gasteiger partial charge in [0, 0.05) is 13.3 Å². The molecule has 4 heteroatoms. The molecule has 1 rings (SSSR count). The number of nitrogens with zero attached hydrogens (tertiary/aromatic N) is 1. The van der Waals surface area contributed by atoms with Gasteiger partial charge in [-0.2, -0.15) is 0 Å². The molecule has 1 saturated heterocycles. The number of likely N-dealkylation sites (tertiary alicyclic amines) is 1. The number of imide groups is 3. The van der Waals surface area contributed by atoms with Crippen LogP contribution in [0.4, 0.5) is 0 Å². The smallest absolute Gasteiger partial charge is 0.240 e. The predicted molar refractivity (Wildman–Crippen MR) is 95.9 cm³/mol. The Hall–Kier alpha value is -1.97. The molecule has 3 amide bonds. The van der Waals surface area contributed by atoms with Crippen LogP contribution >= 0.6 is 0 Å². The minimum atomic E-state index is -0.487. The van der Waals surface area contributed by atoms with E-state index < -0.39 is 11.8 Å². The van der Waals surface area contributed by atoms with E-state index in [4.69, 9.17) is 0 Å². The lowest BCUT2D eigenvalue weighted by Crippen LogP contribution is -2.35. The number of rotatable bonds is 9. The Bertz CT molecular complexity index is 533. The van der Waals surface area contributed by atoms with E-state index in [2.05, 4.69) is 38.7 Å². The summed E-state index contributed by atoms with van der Waals surface area (Å²) in [5.74, 6) is -1.44. The van der Waals surface area contributed by atoms with Crippen molar-refractivity contribution in [2.75, 3.05) is 0 Å². The first-order valence-corrected chi connectivity index (χ1v) is 8.79. The monoisotopic (exact) mass is 331 g/mol. The SMILES string of the molecule is C=CC(/C=C/C(CC/C=C/CC)C1CC(=O)N(C(C)=O)C1=O)CC. The van der Waals surface area contributed by atoms with Crippen LogP contribution in [0.1, 0.15) is 52.9 Å². The van der Waals surface area contributed by atoms with Crippen LogP contribution in [0.3, 0.4) is 0 Å². The van der Waals surface area contributed by atoms with E-state index in [1.54, 1.807) is 0 Å². The first kappa shape index (κ1) is 20.1. The second-order valence-corrected chi connectivity index (χ2v) is 6.21. The molecule has 0 aromatic carbocycles. The van der Waals surface area contributed by atoms with Crippen molar-refractivity contribution in [2.24, 2.45) is 17.8 Å². The lowest BCUT2D eigenvalue weighted by Gasteiger charge is -2.19.